The SMILES string of the molecule is O=S(=O)(O)c1cccc(Nc2ccc3cc(S(=O)(=O)O)ccc3c2)c1. The quantitative estimate of drug-likeness (QED) is 0.596. The van der Waals surface area contributed by atoms with E-state index in [0.717, 1.165) is 5.39 Å². The maximum Gasteiger partial charge on any atom is 0.294 e. The summed E-state index contributed by atoms with van der Waals surface area (Å²) in [4.78, 5) is -0.419. The first-order valence-corrected chi connectivity index (χ1v) is 9.87. The van der Waals surface area contributed by atoms with E-state index in [-0.39, 0.29) is 9.79 Å². The van der Waals surface area contributed by atoms with Gasteiger partial charge in [0.2, 0.25) is 0 Å². The first-order valence-electron chi connectivity index (χ1n) is 6.99. The highest BCUT2D eigenvalue weighted by atomic mass is 32.2. The molecule has 0 atom stereocenters. The summed E-state index contributed by atoms with van der Waals surface area (Å²) in [7, 11) is -8.56. The minimum atomic E-state index is -4.29. The van der Waals surface area contributed by atoms with Crippen molar-refractivity contribution in [3.63, 3.8) is 0 Å². The predicted octanol–water partition coefficient (Wildman–Crippen LogP) is 3.08. The van der Waals surface area contributed by atoms with E-state index in [9.17, 15) is 16.8 Å². The van der Waals surface area contributed by atoms with E-state index in [1.54, 1.807) is 30.3 Å². The molecule has 0 radical (unpaired) electrons. The van der Waals surface area contributed by atoms with Crippen LogP contribution in [0.5, 0.6) is 0 Å². The van der Waals surface area contributed by atoms with Gasteiger partial charge in [0.15, 0.2) is 0 Å². The van der Waals surface area contributed by atoms with Crippen molar-refractivity contribution in [2.45, 2.75) is 9.79 Å². The second kappa shape index (κ2) is 6.12. The van der Waals surface area contributed by atoms with Gasteiger partial charge >= 0.3 is 0 Å². The fourth-order valence-electron chi connectivity index (χ4n) is 2.36. The number of benzene rings is 3. The molecular formula is C16H13NO6S2. The van der Waals surface area contributed by atoms with Crippen LogP contribution in [0.4, 0.5) is 11.4 Å². The van der Waals surface area contributed by atoms with Crippen molar-refractivity contribution < 1.29 is 25.9 Å². The lowest BCUT2D eigenvalue weighted by Gasteiger charge is -2.09. The molecule has 9 heteroatoms. The Morgan fingerprint density at radius 1 is 0.640 bits per heavy atom. The highest BCUT2D eigenvalue weighted by Gasteiger charge is 2.11. The molecular weight excluding hydrogens is 366 g/mol. The van der Waals surface area contributed by atoms with Crippen LogP contribution in [-0.2, 0) is 20.2 Å². The predicted molar refractivity (Wildman–Crippen MR) is 93.3 cm³/mol. The summed E-state index contributed by atoms with van der Waals surface area (Å²) < 4.78 is 62.9. The maximum absolute atomic E-state index is 11.2. The summed E-state index contributed by atoms with van der Waals surface area (Å²) >= 11 is 0. The molecule has 0 saturated heterocycles. The smallest absolute Gasteiger partial charge is 0.294 e. The largest absolute Gasteiger partial charge is 0.355 e. The van der Waals surface area contributed by atoms with Crippen molar-refractivity contribution in [1.29, 1.82) is 0 Å². The normalized spacial score (nSPS) is 12.2. The van der Waals surface area contributed by atoms with E-state index in [2.05, 4.69) is 5.32 Å². The fourth-order valence-corrected chi connectivity index (χ4v) is 3.41. The highest BCUT2D eigenvalue weighted by molar-refractivity contribution is 7.86. The van der Waals surface area contributed by atoms with Gasteiger partial charge in [-0.15, -0.1) is 0 Å². The molecule has 0 bridgehead atoms. The molecule has 3 aromatic rings. The lowest BCUT2D eigenvalue weighted by atomic mass is 10.1. The van der Waals surface area contributed by atoms with Crippen molar-refractivity contribution in [2.24, 2.45) is 0 Å². The third-order valence-corrected chi connectivity index (χ3v) is 5.23. The Morgan fingerprint density at radius 2 is 1.20 bits per heavy atom. The Balaban J connectivity index is 1.95. The van der Waals surface area contributed by atoms with E-state index < -0.39 is 20.2 Å². The van der Waals surface area contributed by atoms with Crippen LogP contribution in [0, 0.1) is 0 Å². The Bertz CT molecular complexity index is 1170. The average Bonchev–Trinajstić information content (AvgIpc) is 2.53. The van der Waals surface area contributed by atoms with E-state index in [1.807, 2.05) is 0 Å². The van der Waals surface area contributed by atoms with Gasteiger partial charge in [-0.2, -0.15) is 16.8 Å². The summed E-state index contributed by atoms with van der Waals surface area (Å²) in [5.74, 6) is 0. The molecule has 0 unspecified atom stereocenters. The minimum absolute atomic E-state index is 0.193. The molecule has 3 N–H and O–H groups in total. The highest BCUT2D eigenvalue weighted by Crippen LogP contribution is 2.25. The van der Waals surface area contributed by atoms with Gasteiger partial charge in [0, 0.05) is 11.4 Å². The minimum Gasteiger partial charge on any atom is -0.355 e. The number of anilines is 2. The van der Waals surface area contributed by atoms with Gasteiger partial charge < -0.3 is 5.32 Å². The zero-order chi connectivity index (χ0) is 18.2. The van der Waals surface area contributed by atoms with Crippen molar-refractivity contribution in [3.8, 4) is 0 Å². The van der Waals surface area contributed by atoms with Gasteiger partial charge in [-0.1, -0.05) is 18.2 Å². The monoisotopic (exact) mass is 379 g/mol. The summed E-state index contributed by atoms with van der Waals surface area (Å²) in [5, 5.41) is 4.35. The standard InChI is InChI=1S/C16H13NO6S2/c18-24(19,20)15-3-1-2-13(10-15)17-14-6-4-12-9-16(25(21,22)23)7-5-11(12)8-14/h1-10,17H,(H,18,19,20)(H,21,22,23). The second-order valence-corrected chi connectivity index (χ2v) is 8.17. The Hall–Kier alpha value is -2.46. The second-order valence-electron chi connectivity index (χ2n) is 5.33. The van der Waals surface area contributed by atoms with Crippen LogP contribution in [0.3, 0.4) is 0 Å². The van der Waals surface area contributed by atoms with Gasteiger partial charge in [-0.3, -0.25) is 9.11 Å². The molecule has 0 aliphatic heterocycles. The van der Waals surface area contributed by atoms with E-state index in [4.69, 9.17) is 9.11 Å². The summed E-state index contributed by atoms with van der Waals surface area (Å²) in [6, 6.07) is 15.0. The van der Waals surface area contributed by atoms with Gasteiger partial charge in [0.25, 0.3) is 20.2 Å². The Kier molecular flexibility index (Phi) is 4.25. The topological polar surface area (TPSA) is 121 Å². The lowest BCUT2D eigenvalue weighted by molar-refractivity contribution is 0.481. The third kappa shape index (κ3) is 3.97. The lowest BCUT2D eigenvalue weighted by Crippen LogP contribution is -1.99. The number of hydrogen-bond donors (Lipinski definition) is 3. The van der Waals surface area contributed by atoms with Gasteiger partial charge in [-0.05, 0) is 53.2 Å². The van der Waals surface area contributed by atoms with Crippen LogP contribution in [0.2, 0.25) is 0 Å². The fraction of sp³-hybridized carbons (Fsp3) is 0. The van der Waals surface area contributed by atoms with Gasteiger partial charge in [0.05, 0.1) is 9.79 Å². The van der Waals surface area contributed by atoms with Crippen molar-refractivity contribution >= 4 is 42.4 Å². The average molecular weight is 379 g/mol. The van der Waals surface area contributed by atoms with Crippen LogP contribution >= 0.6 is 0 Å². The summed E-state index contributed by atoms with van der Waals surface area (Å²) in [6.45, 7) is 0. The van der Waals surface area contributed by atoms with Crippen LogP contribution in [0.1, 0.15) is 0 Å². The zero-order valence-corrected chi connectivity index (χ0v) is 14.3. The number of hydrogen-bond acceptors (Lipinski definition) is 5. The van der Waals surface area contributed by atoms with E-state index in [1.165, 1.54) is 30.3 Å². The summed E-state index contributed by atoms with van der Waals surface area (Å²) in [5.41, 5.74) is 1.10. The molecule has 0 aromatic heterocycles. The Labute approximate surface area is 144 Å². The van der Waals surface area contributed by atoms with E-state index in [0.29, 0.717) is 16.8 Å². The molecule has 7 nitrogen and oxygen atoms in total. The molecule has 0 spiro atoms. The first kappa shape index (κ1) is 17.4. The molecule has 3 rings (SSSR count). The molecule has 0 aliphatic carbocycles. The molecule has 130 valence electrons. The number of rotatable bonds is 4. The summed E-state index contributed by atoms with van der Waals surface area (Å²) in [6.07, 6.45) is 0. The van der Waals surface area contributed by atoms with Crippen molar-refractivity contribution in [2.75, 3.05) is 5.32 Å². The molecule has 0 fully saturated rings. The number of nitrogens with one attached hydrogen (secondary N) is 1. The molecule has 25 heavy (non-hydrogen) atoms. The van der Waals surface area contributed by atoms with Crippen molar-refractivity contribution in [1.82, 2.24) is 0 Å². The Morgan fingerprint density at radius 3 is 1.88 bits per heavy atom. The first-order chi connectivity index (χ1) is 11.6. The van der Waals surface area contributed by atoms with Gasteiger partial charge in [-0.25, -0.2) is 0 Å². The maximum atomic E-state index is 11.2. The van der Waals surface area contributed by atoms with Crippen LogP contribution in [0.15, 0.2) is 70.5 Å². The zero-order valence-electron chi connectivity index (χ0n) is 12.6. The van der Waals surface area contributed by atoms with Crippen LogP contribution < -0.4 is 5.32 Å². The molecule has 0 heterocycles. The molecule has 3 aromatic carbocycles. The van der Waals surface area contributed by atoms with E-state index >= 15 is 0 Å². The van der Waals surface area contributed by atoms with Crippen LogP contribution in [0.25, 0.3) is 10.8 Å². The van der Waals surface area contributed by atoms with Crippen molar-refractivity contribution in [3.05, 3.63) is 60.7 Å². The third-order valence-electron chi connectivity index (χ3n) is 3.53. The molecule has 0 amide bonds. The molecule has 0 saturated carbocycles. The molecule has 0 aliphatic rings. The van der Waals surface area contributed by atoms with Crippen LogP contribution in [-0.4, -0.2) is 25.9 Å². The van der Waals surface area contributed by atoms with Gasteiger partial charge in [0.1, 0.15) is 0 Å². The number of fused-ring (bicyclic) bond motifs is 1.